The van der Waals surface area contributed by atoms with Gasteiger partial charge in [-0.25, -0.2) is 0 Å². The monoisotopic (exact) mass is 302 g/mol. The van der Waals surface area contributed by atoms with E-state index in [9.17, 15) is 4.79 Å². The Kier molecular flexibility index (Phi) is 5.23. The van der Waals surface area contributed by atoms with Crippen LogP contribution >= 0.6 is 11.6 Å². The average Bonchev–Trinajstić information content (AvgIpc) is 2.46. The zero-order chi connectivity index (χ0) is 15.2. The Balaban J connectivity index is 2.06. The number of halogens is 1. The minimum absolute atomic E-state index is 0.0242. The number of nitrogens with one attached hydrogen (secondary N) is 1. The highest BCUT2D eigenvalue weighted by Gasteiger charge is 2.18. The number of benzene rings is 2. The van der Waals surface area contributed by atoms with Crippen LogP contribution < -0.4 is 10.2 Å². The van der Waals surface area contributed by atoms with Crippen molar-refractivity contribution in [3.63, 3.8) is 0 Å². The van der Waals surface area contributed by atoms with E-state index in [0.29, 0.717) is 5.02 Å². The van der Waals surface area contributed by atoms with Gasteiger partial charge in [0.15, 0.2) is 0 Å². The lowest BCUT2D eigenvalue weighted by Crippen LogP contribution is -2.40. The molecule has 0 aliphatic rings. The van der Waals surface area contributed by atoms with Gasteiger partial charge in [-0.05, 0) is 44.2 Å². The molecule has 2 aromatic rings. The number of carbonyl (C=O) groups is 1. The van der Waals surface area contributed by atoms with Crippen LogP contribution in [0.25, 0.3) is 0 Å². The highest BCUT2D eigenvalue weighted by Crippen LogP contribution is 2.18. The van der Waals surface area contributed by atoms with Gasteiger partial charge in [-0.1, -0.05) is 35.9 Å². The lowest BCUT2D eigenvalue weighted by Gasteiger charge is -2.27. The molecule has 0 radical (unpaired) electrons. The van der Waals surface area contributed by atoms with Crippen LogP contribution in [0.3, 0.4) is 0 Å². The summed E-state index contributed by atoms with van der Waals surface area (Å²) >= 11 is 5.93. The van der Waals surface area contributed by atoms with Crippen molar-refractivity contribution in [1.82, 2.24) is 0 Å². The minimum Gasteiger partial charge on any atom is -0.376 e. The number of hydrogen-bond acceptors (Lipinski definition) is 2. The Bertz CT molecular complexity index is 599. The third kappa shape index (κ3) is 4.23. The SMILES string of the molecule is CC(C)N(C(=O)CNc1cccc(Cl)c1)c1ccccc1. The molecule has 3 nitrogen and oxygen atoms in total. The van der Waals surface area contributed by atoms with Crippen LogP contribution in [0.5, 0.6) is 0 Å². The molecule has 0 saturated carbocycles. The van der Waals surface area contributed by atoms with Crippen LogP contribution in [0, 0.1) is 0 Å². The maximum Gasteiger partial charge on any atom is 0.246 e. The molecule has 2 aromatic carbocycles. The molecule has 0 aliphatic carbocycles. The van der Waals surface area contributed by atoms with Gasteiger partial charge in [0.25, 0.3) is 0 Å². The molecule has 0 atom stereocenters. The Morgan fingerprint density at radius 2 is 1.86 bits per heavy atom. The van der Waals surface area contributed by atoms with Gasteiger partial charge < -0.3 is 10.2 Å². The van der Waals surface area contributed by atoms with Gasteiger partial charge in [0.2, 0.25) is 5.91 Å². The van der Waals surface area contributed by atoms with E-state index in [1.54, 1.807) is 17.0 Å². The third-order valence-corrected chi connectivity index (χ3v) is 3.32. The van der Waals surface area contributed by atoms with Crippen LogP contribution in [0.2, 0.25) is 5.02 Å². The number of rotatable bonds is 5. The number of nitrogens with zero attached hydrogens (tertiary/aromatic N) is 1. The quantitative estimate of drug-likeness (QED) is 0.898. The summed E-state index contributed by atoms with van der Waals surface area (Å²) in [5.74, 6) is 0.0242. The predicted octanol–water partition coefficient (Wildman–Crippen LogP) is 4.19. The van der Waals surface area contributed by atoms with E-state index in [2.05, 4.69) is 5.32 Å². The number of hydrogen-bond donors (Lipinski definition) is 1. The van der Waals surface area contributed by atoms with Gasteiger partial charge in [0.05, 0.1) is 6.54 Å². The first-order valence-corrected chi connectivity index (χ1v) is 7.32. The van der Waals surface area contributed by atoms with Crippen molar-refractivity contribution in [2.45, 2.75) is 19.9 Å². The first-order chi connectivity index (χ1) is 10.1. The summed E-state index contributed by atoms with van der Waals surface area (Å²) < 4.78 is 0. The van der Waals surface area contributed by atoms with Crippen LogP contribution in [0.15, 0.2) is 54.6 Å². The number of carbonyl (C=O) groups excluding carboxylic acids is 1. The Hall–Kier alpha value is -2.00. The maximum atomic E-state index is 12.5. The molecule has 4 heteroatoms. The predicted molar refractivity (Wildman–Crippen MR) is 89.0 cm³/mol. The number of anilines is 2. The lowest BCUT2D eigenvalue weighted by molar-refractivity contribution is -0.117. The van der Waals surface area contributed by atoms with Gasteiger partial charge >= 0.3 is 0 Å². The normalized spacial score (nSPS) is 10.5. The molecule has 0 saturated heterocycles. The molecule has 0 unspecified atom stereocenters. The summed E-state index contributed by atoms with van der Waals surface area (Å²) in [6.07, 6.45) is 0. The van der Waals surface area contributed by atoms with Crippen LogP contribution in [0.1, 0.15) is 13.8 Å². The van der Waals surface area contributed by atoms with Crippen molar-refractivity contribution in [1.29, 1.82) is 0 Å². The van der Waals surface area contributed by atoms with E-state index in [-0.39, 0.29) is 18.5 Å². The van der Waals surface area contributed by atoms with Crippen molar-refractivity contribution in [2.24, 2.45) is 0 Å². The van der Waals surface area contributed by atoms with Gasteiger partial charge in [-0.15, -0.1) is 0 Å². The molecule has 21 heavy (non-hydrogen) atoms. The first-order valence-electron chi connectivity index (χ1n) is 6.94. The summed E-state index contributed by atoms with van der Waals surface area (Å²) in [5.41, 5.74) is 1.75. The van der Waals surface area contributed by atoms with Crippen LogP contribution in [-0.4, -0.2) is 18.5 Å². The van der Waals surface area contributed by atoms with Crippen molar-refractivity contribution >= 4 is 28.9 Å². The second kappa shape index (κ2) is 7.14. The summed E-state index contributed by atoms with van der Waals surface area (Å²) in [6.45, 7) is 4.24. The van der Waals surface area contributed by atoms with Crippen molar-refractivity contribution in [3.05, 3.63) is 59.6 Å². The molecule has 0 spiro atoms. The van der Waals surface area contributed by atoms with E-state index in [0.717, 1.165) is 11.4 Å². The molecule has 0 bridgehead atoms. The molecular weight excluding hydrogens is 284 g/mol. The zero-order valence-corrected chi connectivity index (χ0v) is 13.0. The molecule has 0 fully saturated rings. The second-order valence-electron chi connectivity index (χ2n) is 5.06. The highest BCUT2D eigenvalue weighted by molar-refractivity contribution is 6.30. The fourth-order valence-corrected chi connectivity index (χ4v) is 2.37. The molecule has 1 N–H and O–H groups in total. The fraction of sp³-hybridized carbons (Fsp3) is 0.235. The summed E-state index contributed by atoms with van der Waals surface area (Å²) in [7, 11) is 0. The second-order valence-corrected chi connectivity index (χ2v) is 5.49. The highest BCUT2D eigenvalue weighted by atomic mass is 35.5. The van der Waals surface area contributed by atoms with Gasteiger partial charge in [0, 0.05) is 22.4 Å². The zero-order valence-electron chi connectivity index (χ0n) is 12.2. The first kappa shape index (κ1) is 15.4. The van der Waals surface area contributed by atoms with E-state index in [1.807, 2.05) is 56.3 Å². The van der Waals surface area contributed by atoms with Crippen molar-refractivity contribution in [2.75, 3.05) is 16.8 Å². The summed E-state index contributed by atoms with van der Waals surface area (Å²) in [6, 6.07) is 17.1. The van der Waals surface area contributed by atoms with E-state index >= 15 is 0 Å². The van der Waals surface area contributed by atoms with E-state index < -0.39 is 0 Å². The molecule has 0 aromatic heterocycles. The molecule has 0 heterocycles. The topological polar surface area (TPSA) is 32.3 Å². The van der Waals surface area contributed by atoms with Crippen molar-refractivity contribution < 1.29 is 4.79 Å². The molecule has 110 valence electrons. The number of amides is 1. The maximum absolute atomic E-state index is 12.5. The standard InChI is InChI=1S/C17H19ClN2O/c1-13(2)20(16-9-4-3-5-10-16)17(21)12-19-15-8-6-7-14(18)11-15/h3-11,13,19H,12H2,1-2H3. The molecule has 0 aliphatic heterocycles. The Morgan fingerprint density at radius 3 is 2.48 bits per heavy atom. The summed E-state index contributed by atoms with van der Waals surface area (Å²) in [4.78, 5) is 14.3. The smallest absolute Gasteiger partial charge is 0.246 e. The molecular formula is C17H19ClN2O. The Labute approximate surface area is 130 Å². The minimum atomic E-state index is 0.0242. The van der Waals surface area contributed by atoms with Gasteiger partial charge in [-0.3, -0.25) is 4.79 Å². The van der Waals surface area contributed by atoms with Crippen LogP contribution in [-0.2, 0) is 4.79 Å². The van der Waals surface area contributed by atoms with Crippen LogP contribution in [0.4, 0.5) is 11.4 Å². The lowest BCUT2D eigenvalue weighted by atomic mass is 10.2. The van der Waals surface area contributed by atoms with Gasteiger partial charge in [0.1, 0.15) is 0 Å². The van der Waals surface area contributed by atoms with Gasteiger partial charge in [-0.2, -0.15) is 0 Å². The Morgan fingerprint density at radius 1 is 1.14 bits per heavy atom. The molecule has 1 amide bonds. The van der Waals surface area contributed by atoms with Crippen molar-refractivity contribution in [3.8, 4) is 0 Å². The summed E-state index contributed by atoms with van der Waals surface area (Å²) in [5, 5.41) is 3.76. The van der Waals surface area contributed by atoms with E-state index in [4.69, 9.17) is 11.6 Å². The third-order valence-electron chi connectivity index (χ3n) is 3.09. The largest absolute Gasteiger partial charge is 0.376 e. The number of para-hydroxylation sites is 1. The average molecular weight is 303 g/mol. The van der Waals surface area contributed by atoms with E-state index in [1.165, 1.54) is 0 Å². The molecule has 2 rings (SSSR count). The fourth-order valence-electron chi connectivity index (χ4n) is 2.18.